The van der Waals surface area contributed by atoms with Gasteiger partial charge in [0.2, 0.25) is 0 Å². The van der Waals surface area contributed by atoms with Crippen molar-refractivity contribution in [3.8, 4) is 0 Å². The average Bonchev–Trinajstić information content (AvgIpc) is 2.15. The van der Waals surface area contributed by atoms with Crippen LogP contribution in [0.5, 0.6) is 0 Å². The molecule has 1 fully saturated rings. The van der Waals surface area contributed by atoms with Crippen molar-refractivity contribution in [2.45, 2.75) is 45.1 Å². The zero-order valence-electron chi connectivity index (χ0n) is 7.48. The Kier molecular flexibility index (Phi) is 2.35. The van der Waals surface area contributed by atoms with Gasteiger partial charge in [0.15, 0.2) is 0 Å². The van der Waals surface area contributed by atoms with Crippen LogP contribution in [0.2, 0.25) is 0 Å². The molecule has 0 amide bonds. The van der Waals surface area contributed by atoms with Crippen LogP contribution in [0, 0.1) is 0 Å². The summed E-state index contributed by atoms with van der Waals surface area (Å²) in [5.41, 5.74) is 0.536. The Morgan fingerprint density at radius 3 is 2.60 bits per heavy atom. The Balaban J connectivity index is 2.48. The van der Waals surface area contributed by atoms with Crippen molar-refractivity contribution in [3.05, 3.63) is 0 Å². The molecule has 0 unspecified atom stereocenters. The summed E-state index contributed by atoms with van der Waals surface area (Å²) >= 11 is 0. The largest absolute Gasteiger partial charge is 0.301 e. The maximum absolute atomic E-state index is 2.51. The van der Waals surface area contributed by atoms with E-state index in [0.29, 0.717) is 5.54 Å². The van der Waals surface area contributed by atoms with Crippen LogP contribution >= 0.6 is 0 Å². The van der Waals surface area contributed by atoms with Gasteiger partial charge in [-0.25, -0.2) is 0 Å². The normalized spacial score (nSPS) is 35.1. The minimum atomic E-state index is 0.536. The molecule has 0 aromatic rings. The predicted octanol–water partition coefficient (Wildman–Crippen LogP) is 2.27. The van der Waals surface area contributed by atoms with E-state index >= 15 is 0 Å². The quantitative estimate of drug-likeness (QED) is 0.570. The van der Waals surface area contributed by atoms with E-state index in [1.807, 2.05) is 0 Å². The fraction of sp³-hybridized carbons (Fsp3) is 1.00. The molecule has 0 aromatic carbocycles. The molecule has 0 bridgehead atoms. The van der Waals surface area contributed by atoms with Crippen LogP contribution in [0.25, 0.3) is 0 Å². The molecule has 60 valence electrons. The summed E-state index contributed by atoms with van der Waals surface area (Å²) < 4.78 is 0. The van der Waals surface area contributed by atoms with Gasteiger partial charge in [-0.2, -0.15) is 0 Å². The molecule has 0 spiro atoms. The SMILES string of the molecule is CCC[C@]1(C)CCCN1C. The third-order valence-corrected chi connectivity index (χ3v) is 2.92. The Morgan fingerprint density at radius 2 is 2.20 bits per heavy atom. The zero-order chi connectivity index (χ0) is 7.61. The maximum Gasteiger partial charge on any atom is 0.0178 e. The second-order valence-corrected chi connectivity index (χ2v) is 3.77. The number of hydrogen-bond donors (Lipinski definition) is 0. The summed E-state index contributed by atoms with van der Waals surface area (Å²) in [7, 11) is 2.25. The van der Waals surface area contributed by atoms with Crippen molar-refractivity contribution in [1.29, 1.82) is 0 Å². The van der Waals surface area contributed by atoms with E-state index in [2.05, 4.69) is 25.8 Å². The lowest BCUT2D eigenvalue weighted by Gasteiger charge is -2.31. The fourth-order valence-corrected chi connectivity index (χ4v) is 2.01. The van der Waals surface area contributed by atoms with E-state index in [0.717, 1.165) is 0 Å². The summed E-state index contributed by atoms with van der Waals surface area (Å²) in [5, 5.41) is 0. The van der Waals surface area contributed by atoms with Crippen molar-refractivity contribution in [2.24, 2.45) is 0 Å². The highest BCUT2D eigenvalue weighted by Crippen LogP contribution is 2.30. The Labute approximate surface area is 64.4 Å². The van der Waals surface area contributed by atoms with Crippen molar-refractivity contribution < 1.29 is 0 Å². The van der Waals surface area contributed by atoms with Crippen molar-refractivity contribution in [2.75, 3.05) is 13.6 Å². The molecule has 10 heavy (non-hydrogen) atoms. The van der Waals surface area contributed by atoms with E-state index < -0.39 is 0 Å². The van der Waals surface area contributed by atoms with Crippen LogP contribution in [0.1, 0.15) is 39.5 Å². The van der Waals surface area contributed by atoms with Crippen LogP contribution in [-0.4, -0.2) is 24.0 Å². The van der Waals surface area contributed by atoms with Crippen LogP contribution in [0.15, 0.2) is 0 Å². The van der Waals surface area contributed by atoms with Crippen LogP contribution in [-0.2, 0) is 0 Å². The summed E-state index contributed by atoms with van der Waals surface area (Å²) in [5.74, 6) is 0. The van der Waals surface area contributed by atoms with E-state index in [-0.39, 0.29) is 0 Å². The van der Waals surface area contributed by atoms with Crippen molar-refractivity contribution >= 4 is 0 Å². The van der Waals surface area contributed by atoms with E-state index in [1.54, 1.807) is 0 Å². The first kappa shape index (κ1) is 8.06. The smallest absolute Gasteiger partial charge is 0.0178 e. The monoisotopic (exact) mass is 141 g/mol. The molecule has 1 heterocycles. The van der Waals surface area contributed by atoms with Crippen molar-refractivity contribution in [1.82, 2.24) is 4.90 Å². The van der Waals surface area contributed by atoms with Gasteiger partial charge in [0, 0.05) is 5.54 Å². The molecule has 0 N–H and O–H groups in total. The van der Waals surface area contributed by atoms with Gasteiger partial charge in [0.25, 0.3) is 0 Å². The molecule has 1 atom stereocenters. The maximum atomic E-state index is 2.51. The van der Waals surface area contributed by atoms with Crippen LogP contribution in [0.3, 0.4) is 0 Å². The first-order chi connectivity index (χ1) is 4.69. The summed E-state index contributed by atoms with van der Waals surface area (Å²) in [6.45, 7) is 5.97. The highest BCUT2D eigenvalue weighted by molar-refractivity contribution is 4.89. The molecular formula is C9H19N. The van der Waals surface area contributed by atoms with E-state index in [9.17, 15) is 0 Å². The predicted molar refractivity (Wildman–Crippen MR) is 45.2 cm³/mol. The molecular weight excluding hydrogens is 122 g/mol. The lowest BCUT2D eigenvalue weighted by molar-refractivity contribution is 0.181. The van der Waals surface area contributed by atoms with E-state index in [4.69, 9.17) is 0 Å². The number of hydrogen-bond acceptors (Lipinski definition) is 1. The molecule has 1 saturated heterocycles. The first-order valence-electron chi connectivity index (χ1n) is 4.40. The Bertz CT molecular complexity index is 111. The Morgan fingerprint density at radius 1 is 1.50 bits per heavy atom. The number of rotatable bonds is 2. The van der Waals surface area contributed by atoms with E-state index in [1.165, 1.54) is 32.2 Å². The zero-order valence-corrected chi connectivity index (χ0v) is 7.48. The lowest BCUT2D eigenvalue weighted by atomic mass is 9.94. The van der Waals surface area contributed by atoms with Crippen molar-refractivity contribution in [3.63, 3.8) is 0 Å². The number of likely N-dealkylation sites (tertiary alicyclic amines) is 1. The van der Waals surface area contributed by atoms with Crippen LogP contribution < -0.4 is 0 Å². The second-order valence-electron chi connectivity index (χ2n) is 3.77. The molecule has 0 radical (unpaired) electrons. The minimum absolute atomic E-state index is 0.536. The molecule has 0 aliphatic carbocycles. The molecule has 1 aliphatic rings. The average molecular weight is 141 g/mol. The van der Waals surface area contributed by atoms with Crippen LogP contribution in [0.4, 0.5) is 0 Å². The molecule has 1 nitrogen and oxygen atoms in total. The topological polar surface area (TPSA) is 3.24 Å². The minimum Gasteiger partial charge on any atom is -0.301 e. The van der Waals surface area contributed by atoms with Gasteiger partial charge in [-0.15, -0.1) is 0 Å². The molecule has 0 aromatic heterocycles. The highest BCUT2D eigenvalue weighted by Gasteiger charge is 2.32. The van der Waals surface area contributed by atoms with Gasteiger partial charge in [0.1, 0.15) is 0 Å². The standard InChI is InChI=1S/C9H19N/c1-4-6-9(2)7-5-8-10(9)3/h4-8H2,1-3H3/t9-/m1/s1. The lowest BCUT2D eigenvalue weighted by Crippen LogP contribution is -2.37. The van der Waals surface area contributed by atoms with Gasteiger partial charge >= 0.3 is 0 Å². The molecule has 0 saturated carbocycles. The third-order valence-electron chi connectivity index (χ3n) is 2.92. The molecule has 1 heteroatoms. The van der Waals surface area contributed by atoms with Gasteiger partial charge in [-0.3, -0.25) is 0 Å². The first-order valence-corrected chi connectivity index (χ1v) is 4.40. The van der Waals surface area contributed by atoms with Gasteiger partial charge in [0.05, 0.1) is 0 Å². The Hall–Kier alpha value is -0.0400. The van der Waals surface area contributed by atoms with Gasteiger partial charge < -0.3 is 4.90 Å². The number of nitrogens with zero attached hydrogens (tertiary/aromatic N) is 1. The molecule has 1 rings (SSSR count). The molecule has 1 aliphatic heterocycles. The second kappa shape index (κ2) is 2.91. The van der Waals surface area contributed by atoms with Gasteiger partial charge in [-0.1, -0.05) is 13.3 Å². The summed E-state index contributed by atoms with van der Waals surface area (Å²) in [4.78, 5) is 2.51. The highest BCUT2D eigenvalue weighted by atomic mass is 15.2. The third kappa shape index (κ3) is 1.34. The summed E-state index contributed by atoms with van der Waals surface area (Å²) in [6.07, 6.45) is 5.48. The van der Waals surface area contributed by atoms with Gasteiger partial charge in [-0.05, 0) is 39.8 Å². The fourth-order valence-electron chi connectivity index (χ4n) is 2.01. The summed E-state index contributed by atoms with van der Waals surface area (Å²) in [6, 6.07) is 0.